The van der Waals surface area contributed by atoms with Crippen LogP contribution in [0.5, 0.6) is 0 Å². The second kappa shape index (κ2) is 4.99. The topological polar surface area (TPSA) is 41.8 Å². The third-order valence-electron chi connectivity index (χ3n) is 1.58. The normalized spacial score (nSPS) is 10.9. The van der Waals surface area contributed by atoms with Gasteiger partial charge in [-0.05, 0) is 23.3 Å². The molecule has 0 heterocycles. The van der Waals surface area contributed by atoms with Gasteiger partial charge in [0.2, 0.25) is 0 Å². The summed E-state index contributed by atoms with van der Waals surface area (Å²) in [5.74, 6) is 0. The van der Waals surface area contributed by atoms with Gasteiger partial charge in [0.15, 0.2) is 0 Å². The van der Waals surface area contributed by atoms with Gasteiger partial charge in [0.25, 0.3) is 0 Å². The van der Waals surface area contributed by atoms with Gasteiger partial charge < -0.3 is 9.94 Å². The SMILES string of the molecule is COCc1cc(C=NO)ccc1Br. The summed E-state index contributed by atoms with van der Waals surface area (Å²) >= 11 is 3.40. The number of ether oxygens (including phenoxy) is 1. The van der Waals surface area contributed by atoms with Crippen molar-refractivity contribution >= 4 is 22.1 Å². The summed E-state index contributed by atoms with van der Waals surface area (Å²) in [6.45, 7) is 0.535. The lowest BCUT2D eigenvalue weighted by molar-refractivity contribution is 0.184. The minimum atomic E-state index is 0.535. The molecular weight excluding hydrogens is 234 g/mol. The van der Waals surface area contributed by atoms with E-state index in [2.05, 4.69) is 21.1 Å². The lowest BCUT2D eigenvalue weighted by atomic mass is 10.1. The second-order valence-corrected chi connectivity index (χ2v) is 3.38. The first-order valence-corrected chi connectivity index (χ1v) is 4.52. The number of halogens is 1. The lowest BCUT2D eigenvalue weighted by Gasteiger charge is -2.03. The van der Waals surface area contributed by atoms with Crippen molar-refractivity contribution in [2.75, 3.05) is 7.11 Å². The predicted molar refractivity (Wildman–Crippen MR) is 54.2 cm³/mol. The van der Waals surface area contributed by atoms with Gasteiger partial charge in [0.1, 0.15) is 0 Å². The Morgan fingerprint density at radius 3 is 3.00 bits per heavy atom. The highest BCUT2D eigenvalue weighted by atomic mass is 79.9. The van der Waals surface area contributed by atoms with Gasteiger partial charge in [-0.3, -0.25) is 0 Å². The van der Waals surface area contributed by atoms with Gasteiger partial charge in [0.05, 0.1) is 12.8 Å². The molecule has 1 aromatic rings. The number of oxime groups is 1. The Balaban J connectivity index is 2.96. The van der Waals surface area contributed by atoms with Crippen LogP contribution in [0.1, 0.15) is 11.1 Å². The third kappa shape index (κ3) is 2.82. The molecule has 0 unspecified atom stereocenters. The van der Waals surface area contributed by atoms with E-state index in [-0.39, 0.29) is 0 Å². The molecule has 0 aliphatic rings. The Kier molecular flexibility index (Phi) is 3.92. The molecule has 0 amide bonds. The fraction of sp³-hybridized carbons (Fsp3) is 0.222. The molecule has 0 atom stereocenters. The minimum Gasteiger partial charge on any atom is -0.411 e. The van der Waals surface area contributed by atoms with Crippen molar-refractivity contribution in [2.24, 2.45) is 5.16 Å². The van der Waals surface area contributed by atoms with Crippen molar-refractivity contribution in [1.82, 2.24) is 0 Å². The molecule has 0 spiro atoms. The van der Waals surface area contributed by atoms with Crippen LogP contribution in [0.2, 0.25) is 0 Å². The van der Waals surface area contributed by atoms with E-state index in [1.807, 2.05) is 18.2 Å². The highest BCUT2D eigenvalue weighted by molar-refractivity contribution is 9.10. The van der Waals surface area contributed by atoms with Crippen molar-refractivity contribution in [3.05, 3.63) is 33.8 Å². The van der Waals surface area contributed by atoms with E-state index in [9.17, 15) is 0 Å². The van der Waals surface area contributed by atoms with Gasteiger partial charge in [-0.2, -0.15) is 0 Å². The zero-order valence-corrected chi connectivity index (χ0v) is 8.78. The summed E-state index contributed by atoms with van der Waals surface area (Å²) in [6, 6.07) is 5.64. The zero-order valence-electron chi connectivity index (χ0n) is 7.20. The molecule has 13 heavy (non-hydrogen) atoms. The first-order chi connectivity index (χ1) is 6.27. The number of hydrogen-bond acceptors (Lipinski definition) is 3. The summed E-state index contributed by atoms with van der Waals surface area (Å²) in [7, 11) is 1.64. The van der Waals surface area contributed by atoms with E-state index >= 15 is 0 Å². The van der Waals surface area contributed by atoms with Gasteiger partial charge in [0, 0.05) is 11.6 Å². The van der Waals surface area contributed by atoms with Crippen LogP contribution in [0.15, 0.2) is 27.8 Å². The summed E-state index contributed by atoms with van der Waals surface area (Å²) in [5, 5.41) is 11.3. The van der Waals surface area contributed by atoms with Crippen molar-refractivity contribution < 1.29 is 9.94 Å². The number of rotatable bonds is 3. The number of hydrogen-bond donors (Lipinski definition) is 1. The standard InChI is InChI=1S/C9H10BrNO2/c1-13-6-8-4-7(5-11-12)2-3-9(8)10/h2-5,12H,6H2,1H3. The summed E-state index contributed by atoms with van der Waals surface area (Å²) < 4.78 is 6.00. The summed E-state index contributed by atoms with van der Waals surface area (Å²) in [6.07, 6.45) is 1.38. The quantitative estimate of drug-likeness (QED) is 0.504. The predicted octanol–water partition coefficient (Wildman–Crippen LogP) is 2.40. The number of benzene rings is 1. The van der Waals surface area contributed by atoms with Crippen LogP contribution in [0.3, 0.4) is 0 Å². The maximum atomic E-state index is 8.34. The number of nitrogens with zero attached hydrogens (tertiary/aromatic N) is 1. The van der Waals surface area contributed by atoms with E-state index in [1.165, 1.54) is 6.21 Å². The third-order valence-corrected chi connectivity index (χ3v) is 2.35. The largest absolute Gasteiger partial charge is 0.411 e. The van der Waals surface area contributed by atoms with E-state index in [1.54, 1.807) is 7.11 Å². The highest BCUT2D eigenvalue weighted by Crippen LogP contribution is 2.18. The molecule has 3 nitrogen and oxygen atoms in total. The maximum Gasteiger partial charge on any atom is 0.0733 e. The lowest BCUT2D eigenvalue weighted by Crippen LogP contribution is -1.91. The van der Waals surface area contributed by atoms with Gasteiger partial charge in [-0.15, -0.1) is 0 Å². The van der Waals surface area contributed by atoms with Crippen LogP contribution in [-0.2, 0) is 11.3 Å². The maximum absolute atomic E-state index is 8.34. The molecule has 0 saturated carbocycles. The average molecular weight is 244 g/mol. The molecule has 4 heteroatoms. The molecule has 1 rings (SSSR count). The molecular formula is C9H10BrNO2. The van der Waals surface area contributed by atoms with Crippen LogP contribution in [0, 0.1) is 0 Å². The molecule has 0 fully saturated rings. The smallest absolute Gasteiger partial charge is 0.0733 e. The average Bonchev–Trinajstić information content (AvgIpc) is 2.12. The number of methoxy groups -OCH3 is 1. The van der Waals surface area contributed by atoms with Crippen LogP contribution in [-0.4, -0.2) is 18.5 Å². The summed E-state index contributed by atoms with van der Waals surface area (Å²) in [5.41, 5.74) is 1.87. The molecule has 0 aliphatic heterocycles. The zero-order chi connectivity index (χ0) is 9.68. The Morgan fingerprint density at radius 2 is 2.38 bits per heavy atom. The molecule has 0 radical (unpaired) electrons. The molecule has 0 bridgehead atoms. The molecule has 0 aliphatic carbocycles. The van der Waals surface area contributed by atoms with Crippen LogP contribution < -0.4 is 0 Å². The first kappa shape index (κ1) is 10.2. The van der Waals surface area contributed by atoms with Crippen molar-refractivity contribution in [2.45, 2.75) is 6.61 Å². The van der Waals surface area contributed by atoms with E-state index in [0.29, 0.717) is 6.61 Å². The van der Waals surface area contributed by atoms with Crippen LogP contribution >= 0.6 is 15.9 Å². The van der Waals surface area contributed by atoms with Crippen molar-refractivity contribution in [3.63, 3.8) is 0 Å². The van der Waals surface area contributed by atoms with Crippen LogP contribution in [0.4, 0.5) is 0 Å². The van der Waals surface area contributed by atoms with Gasteiger partial charge in [-0.25, -0.2) is 0 Å². The molecule has 1 aromatic carbocycles. The first-order valence-electron chi connectivity index (χ1n) is 3.72. The Hall–Kier alpha value is -0.870. The minimum absolute atomic E-state index is 0.535. The Bertz CT molecular complexity index is 312. The Labute approximate surface area is 85.2 Å². The Morgan fingerprint density at radius 1 is 1.62 bits per heavy atom. The monoisotopic (exact) mass is 243 g/mol. The fourth-order valence-electron chi connectivity index (χ4n) is 1.01. The van der Waals surface area contributed by atoms with E-state index in [4.69, 9.17) is 9.94 Å². The molecule has 0 aromatic heterocycles. The molecule has 1 N–H and O–H groups in total. The highest BCUT2D eigenvalue weighted by Gasteiger charge is 1.99. The summed E-state index contributed by atoms with van der Waals surface area (Å²) in [4.78, 5) is 0. The fourth-order valence-corrected chi connectivity index (χ4v) is 1.37. The van der Waals surface area contributed by atoms with Crippen molar-refractivity contribution in [3.8, 4) is 0 Å². The van der Waals surface area contributed by atoms with Gasteiger partial charge >= 0.3 is 0 Å². The van der Waals surface area contributed by atoms with Crippen molar-refractivity contribution in [1.29, 1.82) is 0 Å². The van der Waals surface area contributed by atoms with E-state index in [0.717, 1.165) is 15.6 Å². The van der Waals surface area contributed by atoms with Gasteiger partial charge in [-0.1, -0.05) is 27.2 Å². The van der Waals surface area contributed by atoms with E-state index < -0.39 is 0 Å². The second-order valence-electron chi connectivity index (χ2n) is 2.53. The molecule has 0 saturated heterocycles. The van der Waals surface area contributed by atoms with Crippen LogP contribution in [0.25, 0.3) is 0 Å². The molecule has 70 valence electrons.